The van der Waals surface area contributed by atoms with Crippen LogP contribution in [0, 0.1) is 6.92 Å². The molecule has 0 aromatic heterocycles. The van der Waals surface area contributed by atoms with Gasteiger partial charge >= 0.3 is 6.09 Å². The molecule has 0 heterocycles. The fraction of sp³-hybridized carbons (Fsp3) is 0.0667. The van der Waals surface area contributed by atoms with Crippen LogP contribution in [0.25, 0.3) is 0 Å². The average Bonchev–Trinajstić information content (AvgIpc) is 2.46. The molecule has 1 N–H and O–H groups in total. The van der Waals surface area contributed by atoms with Crippen molar-refractivity contribution in [3.8, 4) is 0 Å². The molecule has 1 amide bonds. The van der Waals surface area contributed by atoms with Crippen LogP contribution >= 0.6 is 11.6 Å². The number of aryl methyl sites for hydroxylation is 1. The average molecular weight is 289 g/mol. The summed E-state index contributed by atoms with van der Waals surface area (Å²) in [6.07, 6.45) is -0.693. The normalized spacial score (nSPS) is 11.0. The molecular formula is C15H13ClN2O2. The highest BCUT2D eigenvalue weighted by Gasteiger charge is 2.05. The highest BCUT2D eigenvalue weighted by Crippen LogP contribution is 2.09. The van der Waals surface area contributed by atoms with Crippen LogP contribution in [0.3, 0.4) is 0 Å². The molecule has 102 valence electrons. The summed E-state index contributed by atoms with van der Waals surface area (Å²) in [7, 11) is 0. The van der Waals surface area contributed by atoms with Crippen molar-refractivity contribution in [2.24, 2.45) is 5.16 Å². The van der Waals surface area contributed by atoms with Gasteiger partial charge in [0.2, 0.25) is 0 Å². The number of rotatable bonds is 3. The van der Waals surface area contributed by atoms with Crippen LogP contribution in [-0.2, 0) is 4.84 Å². The number of carbonyl (C=O) groups is 1. The van der Waals surface area contributed by atoms with Gasteiger partial charge in [-0.1, -0.05) is 64.8 Å². The molecule has 0 spiro atoms. The molecule has 0 aliphatic carbocycles. The molecule has 0 unspecified atom stereocenters. The maximum absolute atomic E-state index is 11.5. The topological polar surface area (TPSA) is 50.7 Å². The molecule has 0 atom stereocenters. The van der Waals surface area contributed by atoms with E-state index in [-0.39, 0.29) is 5.17 Å². The third-order valence-electron chi connectivity index (χ3n) is 2.52. The number of para-hydroxylation sites is 1. The summed E-state index contributed by atoms with van der Waals surface area (Å²) < 4.78 is 0. The van der Waals surface area contributed by atoms with Crippen molar-refractivity contribution in [2.45, 2.75) is 6.92 Å². The van der Waals surface area contributed by atoms with Gasteiger partial charge in [-0.05, 0) is 19.1 Å². The minimum atomic E-state index is -0.693. The number of halogens is 1. The SMILES string of the molecule is Cc1ccc(/C(Cl)=N/OC(=O)Nc2ccccc2)cc1. The molecule has 5 heteroatoms. The largest absolute Gasteiger partial charge is 0.437 e. The first-order valence-corrected chi connectivity index (χ1v) is 6.36. The minimum absolute atomic E-state index is 0.119. The van der Waals surface area contributed by atoms with Gasteiger partial charge in [-0.25, -0.2) is 4.79 Å². The summed E-state index contributed by atoms with van der Waals surface area (Å²) in [5.74, 6) is 0. The van der Waals surface area contributed by atoms with Crippen molar-refractivity contribution in [3.05, 3.63) is 65.7 Å². The van der Waals surface area contributed by atoms with Crippen LogP contribution in [0.4, 0.5) is 10.5 Å². The Labute approximate surface area is 122 Å². The second-order valence-electron chi connectivity index (χ2n) is 4.12. The Morgan fingerprint density at radius 3 is 2.40 bits per heavy atom. The van der Waals surface area contributed by atoms with Gasteiger partial charge < -0.3 is 0 Å². The van der Waals surface area contributed by atoms with E-state index < -0.39 is 6.09 Å². The van der Waals surface area contributed by atoms with Gasteiger partial charge in [-0.15, -0.1) is 0 Å². The lowest BCUT2D eigenvalue weighted by Crippen LogP contribution is -2.11. The van der Waals surface area contributed by atoms with Crippen molar-refractivity contribution in [2.75, 3.05) is 5.32 Å². The molecule has 0 aliphatic rings. The Kier molecular flexibility index (Phi) is 4.74. The zero-order valence-electron chi connectivity index (χ0n) is 10.8. The number of benzene rings is 2. The van der Waals surface area contributed by atoms with Crippen LogP contribution in [0.5, 0.6) is 0 Å². The van der Waals surface area contributed by atoms with E-state index in [9.17, 15) is 4.79 Å². The summed E-state index contributed by atoms with van der Waals surface area (Å²) in [5.41, 5.74) is 2.42. The Morgan fingerprint density at radius 2 is 1.75 bits per heavy atom. The maximum Gasteiger partial charge on any atom is 0.437 e. The van der Waals surface area contributed by atoms with Gasteiger partial charge in [-0.3, -0.25) is 10.2 Å². The van der Waals surface area contributed by atoms with Crippen LogP contribution in [0.2, 0.25) is 0 Å². The fourth-order valence-corrected chi connectivity index (χ4v) is 1.65. The second-order valence-corrected chi connectivity index (χ2v) is 4.48. The predicted octanol–water partition coefficient (Wildman–Crippen LogP) is 4.14. The maximum atomic E-state index is 11.5. The molecule has 0 fully saturated rings. The smallest absolute Gasteiger partial charge is 0.296 e. The van der Waals surface area contributed by atoms with Gasteiger partial charge in [0.15, 0.2) is 5.17 Å². The Balaban J connectivity index is 1.95. The first-order chi connectivity index (χ1) is 9.65. The van der Waals surface area contributed by atoms with E-state index in [2.05, 4.69) is 10.5 Å². The zero-order valence-corrected chi connectivity index (χ0v) is 11.6. The lowest BCUT2D eigenvalue weighted by Gasteiger charge is -2.02. The number of anilines is 1. The van der Waals surface area contributed by atoms with Crippen LogP contribution in [0.1, 0.15) is 11.1 Å². The van der Waals surface area contributed by atoms with Crippen molar-refractivity contribution in [1.29, 1.82) is 0 Å². The number of amides is 1. The third-order valence-corrected chi connectivity index (χ3v) is 2.81. The lowest BCUT2D eigenvalue weighted by molar-refractivity contribution is 0.167. The second kappa shape index (κ2) is 6.73. The molecule has 0 saturated carbocycles. The van der Waals surface area contributed by atoms with E-state index >= 15 is 0 Å². The van der Waals surface area contributed by atoms with Gasteiger partial charge in [0.1, 0.15) is 0 Å². The first kappa shape index (κ1) is 14.1. The number of carbonyl (C=O) groups excluding carboxylic acids is 1. The standard InChI is InChI=1S/C15H13ClN2O2/c1-11-7-9-12(10-8-11)14(16)18-20-15(19)17-13-5-3-2-4-6-13/h2-10H,1H3,(H,17,19)/b18-14-. The van der Waals surface area contributed by atoms with Gasteiger partial charge in [0.05, 0.1) is 0 Å². The Morgan fingerprint density at radius 1 is 1.10 bits per heavy atom. The molecule has 0 bridgehead atoms. The Bertz CT molecular complexity index is 610. The number of hydrogen-bond acceptors (Lipinski definition) is 3. The quantitative estimate of drug-likeness (QED) is 0.524. The van der Waals surface area contributed by atoms with Crippen molar-refractivity contribution >= 4 is 28.6 Å². The molecule has 2 rings (SSSR count). The Hall–Kier alpha value is -2.33. The number of nitrogens with zero attached hydrogens (tertiary/aromatic N) is 1. The number of oxime groups is 1. The van der Waals surface area contributed by atoms with Crippen LogP contribution in [-0.4, -0.2) is 11.3 Å². The van der Waals surface area contributed by atoms with E-state index in [4.69, 9.17) is 16.4 Å². The summed E-state index contributed by atoms with van der Waals surface area (Å²) in [6.45, 7) is 1.97. The minimum Gasteiger partial charge on any atom is -0.296 e. The summed E-state index contributed by atoms with van der Waals surface area (Å²) in [5, 5.41) is 6.24. The van der Waals surface area contributed by atoms with Gasteiger partial charge in [0.25, 0.3) is 0 Å². The molecule has 0 aliphatic heterocycles. The highest BCUT2D eigenvalue weighted by atomic mass is 35.5. The number of nitrogens with one attached hydrogen (secondary N) is 1. The molecule has 0 radical (unpaired) electrons. The zero-order chi connectivity index (χ0) is 14.4. The summed E-state index contributed by atoms with van der Waals surface area (Å²) >= 11 is 5.95. The van der Waals surface area contributed by atoms with Crippen molar-refractivity contribution in [1.82, 2.24) is 0 Å². The fourth-order valence-electron chi connectivity index (χ4n) is 1.49. The summed E-state index contributed by atoms with van der Waals surface area (Å²) in [4.78, 5) is 16.2. The lowest BCUT2D eigenvalue weighted by atomic mass is 10.2. The molecule has 20 heavy (non-hydrogen) atoms. The van der Waals surface area contributed by atoms with Crippen molar-refractivity contribution in [3.63, 3.8) is 0 Å². The predicted molar refractivity (Wildman–Crippen MR) is 80.1 cm³/mol. The van der Waals surface area contributed by atoms with Gasteiger partial charge in [0, 0.05) is 11.3 Å². The highest BCUT2D eigenvalue weighted by molar-refractivity contribution is 6.69. The monoisotopic (exact) mass is 288 g/mol. The van der Waals surface area contributed by atoms with E-state index in [0.29, 0.717) is 11.3 Å². The molecule has 2 aromatic carbocycles. The van der Waals surface area contributed by atoms with Crippen LogP contribution < -0.4 is 5.32 Å². The number of hydrogen-bond donors (Lipinski definition) is 1. The molecule has 2 aromatic rings. The van der Waals surface area contributed by atoms with Crippen LogP contribution in [0.15, 0.2) is 59.8 Å². The third kappa shape index (κ3) is 4.10. The van der Waals surface area contributed by atoms with E-state index in [1.807, 2.05) is 25.1 Å². The summed E-state index contributed by atoms with van der Waals surface area (Å²) in [6, 6.07) is 16.4. The van der Waals surface area contributed by atoms with E-state index in [1.165, 1.54) is 0 Å². The molecule has 4 nitrogen and oxygen atoms in total. The van der Waals surface area contributed by atoms with Gasteiger partial charge in [-0.2, -0.15) is 0 Å². The van der Waals surface area contributed by atoms with E-state index in [1.54, 1.807) is 36.4 Å². The molecule has 0 saturated heterocycles. The van der Waals surface area contributed by atoms with E-state index in [0.717, 1.165) is 5.56 Å². The molecular weight excluding hydrogens is 276 g/mol. The first-order valence-electron chi connectivity index (χ1n) is 5.99. The van der Waals surface area contributed by atoms with Crippen molar-refractivity contribution < 1.29 is 9.63 Å².